The standard InChI is InChI=1S/C28H31FN8/c1-17(2)37-18(3)32-26-24(29)12-19(13-25(26)37)22-15-30-27-23(22)16-31-28(34-27)33-20-6-5-7-21(14-20)36-10-8-35(4)9-11-36/h5-7,12-17H,8-11H2,1-4H3,(H2,30,31,33,34). The maximum atomic E-state index is 15.1. The molecule has 9 heteroatoms. The number of aryl methyl sites for hydroxylation is 1. The highest BCUT2D eigenvalue weighted by molar-refractivity contribution is 5.96. The third-order valence-corrected chi connectivity index (χ3v) is 7.16. The minimum absolute atomic E-state index is 0.175. The van der Waals surface area contributed by atoms with Gasteiger partial charge in [-0.15, -0.1) is 0 Å². The molecule has 2 aromatic carbocycles. The number of hydrogen-bond acceptors (Lipinski definition) is 6. The van der Waals surface area contributed by atoms with Gasteiger partial charge < -0.3 is 24.7 Å². The molecule has 0 saturated carbocycles. The van der Waals surface area contributed by atoms with Crippen molar-refractivity contribution in [1.29, 1.82) is 0 Å². The van der Waals surface area contributed by atoms with E-state index in [2.05, 4.69) is 73.7 Å². The molecule has 1 aliphatic rings. The number of anilines is 3. The van der Waals surface area contributed by atoms with E-state index in [1.807, 2.05) is 25.3 Å². The Morgan fingerprint density at radius 2 is 1.86 bits per heavy atom. The molecule has 0 amide bonds. The zero-order chi connectivity index (χ0) is 25.7. The first-order chi connectivity index (χ1) is 17.9. The summed E-state index contributed by atoms with van der Waals surface area (Å²) in [6.07, 6.45) is 3.65. The number of rotatable bonds is 5. The highest BCUT2D eigenvalue weighted by atomic mass is 19.1. The predicted molar refractivity (Wildman–Crippen MR) is 147 cm³/mol. The van der Waals surface area contributed by atoms with Crippen LogP contribution in [0.25, 0.3) is 33.2 Å². The zero-order valence-electron chi connectivity index (χ0n) is 21.6. The lowest BCUT2D eigenvalue weighted by molar-refractivity contribution is 0.313. The van der Waals surface area contributed by atoms with Crippen molar-refractivity contribution in [3.8, 4) is 11.1 Å². The van der Waals surface area contributed by atoms with E-state index in [0.717, 1.165) is 59.7 Å². The molecule has 6 rings (SSSR count). The van der Waals surface area contributed by atoms with Gasteiger partial charge in [0.1, 0.15) is 17.0 Å². The van der Waals surface area contributed by atoms with Crippen molar-refractivity contribution in [2.45, 2.75) is 26.8 Å². The molecule has 1 fully saturated rings. The van der Waals surface area contributed by atoms with Crippen LogP contribution in [0.3, 0.4) is 0 Å². The van der Waals surface area contributed by atoms with E-state index in [1.54, 1.807) is 6.20 Å². The normalized spacial score (nSPS) is 14.8. The van der Waals surface area contributed by atoms with Gasteiger partial charge in [0.05, 0.1) is 5.52 Å². The second kappa shape index (κ2) is 9.15. The minimum Gasteiger partial charge on any atom is -0.369 e. The molecule has 3 aromatic heterocycles. The third-order valence-electron chi connectivity index (χ3n) is 7.16. The van der Waals surface area contributed by atoms with E-state index in [1.165, 1.54) is 11.8 Å². The van der Waals surface area contributed by atoms with Gasteiger partial charge >= 0.3 is 0 Å². The number of nitrogens with one attached hydrogen (secondary N) is 2. The van der Waals surface area contributed by atoms with Gasteiger partial charge in [0.2, 0.25) is 5.95 Å². The summed E-state index contributed by atoms with van der Waals surface area (Å²) < 4.78 is 17.1. The Hall–Kier alpha value is -3.98. The summed E-state index contributed by atoms with van der Waals surface area (Å²) in [4.78, 5) is 21.7. The van der Waals surface area contributed by atoms with Crippen LogP contribution in [0.1, 0.15) is 25.7 Å². The second-order valence-corrected chi connectivity index (χ2v) is 10.1. The molecule has 4 heterocycles. The number of aromatic amines is 1. The molecule has 1 saturated heterocycles. The Morgan fingerprint density at radius 3 is 2.65 bits per heavy atom. The molecule has 37 heavy (non-hydrogen) atoms. The average Bonchev–Trinajstić information content (AvgIpc) is 3.45. The summed E-state index contributed by atoms with van der Waals surface area (Å²) in [5.74, 6) is 0.978. The molecule has 0 radical (unpaired) electrons. The number of H-pyrrole nitrogens is 1. The first-order valence-electron chi connectivity index (χ1n) is 12.7. The van der Waals surface area contributed by atoms with Crippen molar-refractivity contribution < 1.29 is 4.39 Å². The van der Waals surface area contributed by atoms with Crippen LogP contribution in [0.2, 0.25) is 0 Å². The van der Waals surface area contributed by atoms with Crippen molar-refractivity contribution >= 4 is 39.4 Å². The lowest BCUT2D eigenvalue weighted by atomic mass is 10.1. The Kier molecular flexibility index (Phi) is 5.79. The topological polar surface area (TPSA) is 77.9 Å². The smallest absolute Gasteiger partial charge is 0.229 e. The first-order valence-corrected chi connectivity index (χ1v) is 12.7. The van der Waals surface area contributed by atoms with E-state index in [9.17, 15) is 0 Å². The number of imidazole rings is 1. The summed E-state index contributed by atoms with van der Waals surface area (Å²) in [5.41, 5.74) is 5.63. The Labute approximate surface area is 215 Å². The zero-order valence-corrected chi connectivity index (χ0v) is 21.6. The highest BCUT2D eigenvalue weighted by Crippen LogP contribution is 2.33. The quantitative estimate of drug-likeness (QED) is 0.333. The van der Waals surface area contributed by atoms with Crippen LogP contribution in [-0.2, 0) is 0 Å². The van der Waals surface area contributed by atoms with Crippen LogP contribution in [-0.4, -0.2) is 62.6 Å². The van der Waals surface area contributed by atoms with E-state index in [4.69, 9.17) is 4.98 Å². The van der Waals surface area contributed by atoms with Crippen LogP contribution in [0, 0.1) is 12.7 Å². The number of fused-ring (bicyclic) bond motifs is 2. The van der Waals surface area contributed by atoms with Crippen LogP contribution < -0.4 is 10.2 Å². The predicted octanol–water partition coefficient (Wildman–Crippen LogP) is 5.50. The number of likely N-dealkylation sites (N-methyl/N-ethyl adjacent to an activating group) is 1. The van der Waals surface area contributed by atoms with Gasteiger partial charge in [-0.25, -0.2) is 14.4 Å². The molecule has 190 valence electrons. The van der Waals surface area contributed by atoms with Crippen molar-refractivity contribution in [3.05, 3.63) is 60.4 Å². The molecule has 5 aromatic rings. The Bertz CT molecular complexity index is 1590. The molecule has 0 bridgehead atoms. The van der Waals surface area contributed by atoms with Crippen LogP contribution in [0.5, 0.6) is 0 Å². The van der Waals surface area contributed by atoms with Gasteiger partial charge in [0.25, 0.3) is 0 Å². The van der Waals surface area contributed by atoms with Crippen LogP contribution >= 0.6 is 0 Å². The van der Waals surface area contributed by atoms with Crippen molar-refractivity contribution in [3.63, 3.8) is 0 Å². The number of halogens is 1. The number of hydrogen-bond donors (Lipinski definition) is 2. The van der Waals surface area contributed by atoms with Gasteiger partial charge in [-0.3, -0.25) is 0 Å². The van der Waals surface area contributed by atoms with Crippen molar-refractivity contribution in [2.75, 3.05) is 43.4 Å². The van der Waals surface area contributed by atoms with Gasteiger partial charge in [-0.1, -0.05) is 6.07 Å². The van der Waals surface area contributed by atoms with Gasteiger partial charge in [-0.2, -0.15) is 4.98 Å². The minimum atomic E-state index is -0.330. The van der Waals surface area contributed by atoms with Crippen LogP contribution in [0.4, 0.5) is 21.7 Å². The van der Waals surface area contributed by atoms with Gasteiger partial charge in [0.15, 0.2) is 5.82 Å². The molecule has 0 aliphatic carbocycles. The fraction of sp³-hybridized carbons (Fsp3) is 0.321. The number of aromatic nitrogens is 5. The number of piperazine rings is 1. The lowest BCUT2D eigenvalue weighted by Crippen LogP contribution is -2.44. The SMILES string of the molecule is Cc1nc2c(F)cc(-c3c[nH]c4nc(Nc5cccc(N6CCN(C)CC6)c5)ncc34)cc2n1C(C)C. The van der Waals surface area contributed by atoms with E-state index >= 15 is 4.39 Å². The molecule has 1 aliphatic heterocycles. The summed E-state index contributed by atoms with van der Waals surface area (Å²) >= 11 is 0. The molecule has 0 atom stereocenters. The fourth-order valence-electron chi connectivity index (χ4n) is 5.26. The fourth-order valence-corrected chi connectivity index (χ4v) is 5.26. The molecule has 2 N–H and O–H groups in total. The Morgan fingerprint density at radius 1 is 1.05 bits per heavy atom. The molecule has 0 spiro atoms. The summed E-state index contributed by atoms with van der Waals surface area (Å²) in [6.45, 7) is 10.2. The van der Waals surface area contributed by atoms with E-state index in [0.29, 0.717) is 17.1 Å². The maximum Gasteiger partial charge on any atom is 0.229 e. The van der Waals surface area contributed by atoms with Crippen molar-refractivity contribution in [1.82, 2.24) is 29.4 Å². The maximum absolute atomic E-state index is 15.1. The van der Waals surface area contributed by atoms with Crippen molar-refractivity contribution in [2.24, 2.45) is 0 Å². The summed E-state index contributed by atoms with van der Waals surface area (Å²) in [6, 6.07) is 12.1. The second-order valence-electron chi connectivity index (χ2n) is 10.1. The highest BCUT2D eigenvalue weighted by Gasteiger charge is 2.18. The van der Waals surface area contributed by atoms with Gasteiger partial charge in [0, 0.05) is 66.9 Å². The number of benzene rings is 2. The average molecular weight is 499 g/mol. The lowest BCUT2D eigenvalue weighted by Gasteiger charge is -2.34. The summed E-state index contributed by atoms with van der Waals surface area (Å²) in [7, 11) is 2.16. The first kappa shape index (κ1) is 23.4. The Balaban J connectivity index is 1.30. The molecular formula is C28H31FN8. The molecule has 8 nitrogen and oxygen atoms in total. The number of nitrogens with zero attached hydrogens (tertiary/aromatic N) is 6. The third kappa shape index (κ3) is 4.29. The van der Waals surface area contributed by atoms with Gasteiger partial charge in [-0.05, 0) is 63.7 Å². The van der Waals surface area contributed by atoms with E-state index in [-0.39, 0.29) is 11.9 Å². The summed E-state index contributed by atoms with van der Waals surface area (Å²) in [5, 5.41) is 4.17. The molecule has 0 unspecified atom stereocenters. The largest absolute Gasteiger partial charge is 0.369 e. The van der Waals surface area contributed by atoms with E-state index < -0.39 is 0 Å². The van der Waals surface area contributed by atoms with Crippen LogP contribution in [0.15, 0.2) is 48.8 Å². The monoisotopic (exact) mass is 498 g/mol. The molecular weight excluding hydrogens is 467 g/mol.